The Kier molecular flexibility index (Phi) is 3.68. The number of nitrogens with one attached hydrogen (secondary N) is 1. The first-order valence-corrected chi connectivity index (χ1v) is 5.03. The molecule has 4 heteroatoms. The Labute approximate surface area is 84.5 Å². The molecule has 4 nitrogen and oxygen atoms in total. The molecular formula is C10H18N3O+. The van der Waals surface area contributed by atoms with Gasteiger partial charge in [-0.2, -0.15) is 0 Å². The average Bonchev–Trinajstić information content (AvgIpc) is 2.56. The van der Waals surface area contributed by atoms with Gasteiger partial charge in [-0.05, 0) is 13.3 Å². The van der Waals surface area contributed by atoms with Crippen LogP contribution < -0.4 is 9.88 Å². The predicted molar refractivity (Wildman–Crippen MR) is 53.9 cm³/mol. The number of aryl methyl sites for hydroxylation is 2. The molecule has 0 spiro atoms. The molecule has 78 valence electrons. The molecule has 0 unspecified atom stereocenters. The van der Waals surface area contributed by atoms with Crippen molar-refractivity contribution in [1.29, 1.82) is 0 Å². The van der Waals surface area contributed by atoms with Gasteiger partial charge in [0.05, 0.1) is 13.6 Å². The normalized spacial score (nSPS) is 10.2. The Balaban J connectivity index is 2.82. The number of amides is 1. The summed E-state index contributed by atoms with van der Waals surface area (Å²) >= 11 is 0. The maximum Gasteiger partial charge on any atom is 0.347 e. The zero-order valence-electron chi connectivity index (χ0n) is 9.08. The van der Waals surface area contributed by atoms with Crippen molar-refractivity contribution >= 4 is 5.91 Å². The van der Waals surface area contributed by atoms with Crippen LogP contribution in [0.1, 0.15) is 30.9 Å². The Bertz CT molecular complexity index is 317. The number of carbonyl (C=O) groups excluding carboxylic acids is 1. The lowest BCUT2D eigenvalue weighted by Gasteiger charge is -2.01. The van der Waals surface area contributed by atoms with Gasteiger partial charge < -0.3 is 5.32 Å². The van der Waals surface area contributed by atoms with E-state index < -0.39 is 0 Å². The van der Waals surface area contributed by atoms with E-state index in [9.17, 15) is 4.79 Å². The molecular weight excluding hydrogens is 178 g/mol. The quantitative estimate of drug-likeness (QED) is 0.699. The first kappa shape index (κ1) is 10.8. The summed E-state index contributed by atoms with van der Waals surface area (Å²) in [6.45, 7) is 5.61. The molecule has 1 aromatic heterocycles. The maximum absolute atomic E-state index is 11.7. The molecule has 0 fully saturated rings. The van der Waals surface area contributed by atoms with E-state index in [0.29, 0.717) is 5.82 Å². The minimum absolute atomic E-state index is 0.00111. The third-order valence-corrected chi connectivity index (χ3v) is 2.16. The van der Waals surface area contributed by atoms with Gasteiger partial charge in [0.1, 0.15) is 12.4 Å². The summed E-state index contributed by atoms with van der Waals surface area (Å²) in [5.74, 6) is 0.710. The number of hydrogen-bond acceptors (Lipinski definition) is 1. The standard InChI is InChI=1S/C10H17N3O/c1-4-6-11-9(14)10-12(3)7-8-13(10)5-2/h7-8H,4-6H2,1-3H3/p+1. The number of rotatable bonds is 4. The smallest absolute Gasteiger partial charge is 0.346 e. The van der Waals surface area contributed by atoms with Crippen LogP contribution in [0.25, 0.3) is 0 Å². The molecule has 0 radical (unpaired) electrons. The van der Waals surface area contributed by atoms with E-state index in [4.69, 9.17) is 0 Å². The second-order valence-electron chi connectivity index (χ2n) is 3.27. The Morgan fingerprint density at radius 3 is 2.86 bits per heavy atom. The zero-order valence-corrected chi connectivity index (χ0v) is 9.08. The third kappa shape index (κ3) is 2.13. The van der Waals surface area contributed by atoms with E-state index in [0.717, 1.165) is 19.5 Å². The summed E-state index contributed by atoms with van der Waals surface area (Å²) in [6, 6.07) is 0. The monoisotopic (exact) mass is 196 g/mol. The van der Waals surface area contributed by atoms with Crippen LogP contribution in [-0.4, -0.2) is 17.0 Å². The number of nitrogens with zero attached hydrogens (tertiary/aromatic N) is 2. The van der Waals surface area contributed by atoms with Crippen LogP contribution in [0.5, 0.6) is 0 Å². The fourth-order valence-electron chi connectivity index (χ4n) is 1.39. The maximum atomic E-state index is 11.7. The average molecular weight is 196 g/mol. The van der Waals surface area contributed by atoms with Crippen molar-refractivity contribution in [3.63, 3.8) is 0 Å². The largest absolute Gasteiger partial charge is 0.347 e. The molecule has 1 rings (SSSR count). The number of aromatic nitrogens is 2. The molecule has 0 aliphatic heterocycles. The van der Waals surface area contributed by atoms with Crippen molar-refractivity contribution in [2.45, 2.75) is 26.8 Å². The molecule has 0 aliphatic rings. The highest BCUT2D eigenvalue weighted by atomic mass is 16.2. The summed E-state index contributed by atoms with van der Waals surface area (Å²) in [5, 5.41) is 2.87. The first-order chi connectivity index (χ1) is 6.70. The molecule has 0 saturated carbocycles. The van der Waals surface area contributed by atoms with Gasteiger partial charge >= 0.3 is 11.7 Å². The number of hydrogen-bond donors (Lipinski definition) is 1. The van der Waals surface area contributed by atoms with Crippen molar-refractivity contribution in [3.05, 3.63) is 18.2 Å². The van der Waals surface area contributed by atoms with E-state index in [1.165, 1.54) is 0 Å². The number of imidazole rings is 1. The van der Waals surface area contributed by atoms with Crippen LogP contribution in [0, 0.1) is 0 Å². The van der Waals surface area contributed by atoms with Crippen LogP contribution in [0.3, 0.4) is 0 Å². The second-order valence-corrected chi connectivity index (χ2v) is 3.27. The molecule has 0 saturated heterocycles. The van der Waals surface area contributed by atoms with E-state index in [-0.39, 0.29) is 5.91 Å². The molecule has 1 N–H and O–H groups in total. The Morgan fingerprint density at radius 2 is 2.29 bits per heavy atom. The van der Waals surface area contributed by atoms with E-state index in [1.807, 2.05) is 42.4 Å². The molecule has 0 aliphatic carbocycles. The van der Waals surface area contributed by atoms with Gasteiger partial charge in [0, 0.05) is 6.54 Å². The van der Waals surface area contributed by atoms with Gasteiger partial charge in [-0.15, -0.1) is 0 Å². The van der Waals surface area contributed by atoms with Gasteiger partial charge in [-0.25, -0.2) is 9.13 Å². The SMILES string of the molecule is CCCNC(=O)c1n(CC)cc[n+]1C. The van der Waals surface area contributed by atoms with Crippen LogP contribution >= 0.6 is 0 Å². The van der Waals surface area contributed by atoms with Crippen LogP contribution in [0.15, 0.2) is 12.4 Å². The minimum atomic E-state index is 0.00111. The molecule has 1 heterocycles. The van der Waals surface area contributed by atoms with Gasteiger partial charge in [0.25, 0.3) is 0 Å². The van der Waals surface area contributed by atoms with Crippen LogP contribution in [0.4, 0.5) is 0 Å². The van der Waals surface area contributed by atoms with Crippen molar-refractivity contribution in [2.24, 2.45) is 7.05 Å². The number of carbonyl (C=O) groups is 1. The highest BCUT2D eigenvalue weighted by Gasteiger charge is 2.21. The lowest BCUT2D eigenvalue weighted by molar-refractivity contribution is -0.673. The molecule has 0 atom stereocenters. The third-order valence-electron chi connectivity index (χ3n) is 2.16. The van der Waals surface area contributed by atoms with Gasteiger partial charge in [-0.1, -0.05) is 6.92 Å². The summed E-state index contributed by atoms with van der Waals surface area (Å²) in [5.41, 5.74) is 0. The topological polar surface area (TPSA) is 37.9 Å². The zero-order chi connectivity index (χ0) is 10.6. The predicted octanol–water partition coefficient (Wildman–Crippen LogP) is 0.472. The highest BCUT2D eigenvalue weighted by molar-refractivity contribution is 5.89. The fraction of sp³-hybridized carbons (Fsp3) is 0.600. The Morgan fingerprint density at radius 1 is 1.57 bits per heavy atom. The van der Waals surface area contributed by atoms with Crippen molar-refractivity contribution < 1.29 is 9.36 Å². The highest BCUT2D eigenvalue weighted by Crippen LogP contribution is 1.94. The van der Waals surface area contributed by atoms with Gasteiger partial charge in [0.2, 0.25) is 0 Å². The van der Waals surface area contributed by atoms with E-state index in [2.05, 4.69) is 5.32 Å². The molecule has 0 aromatic carbocycles. The summed E-state index contributed by atoms with van der Waals surface area (Å²) in [4.78, 5) is 11.7. The summed E-state index contributed by atoms with van der Waals surface area (Å²) in [7, 11) is 1.88. The van der Waals surface area contributed by atoms with Gasteiger partial charge in [0.15, 0.2) is 0 Å². The van der Waals surface area contributed by atoms with Crippen molar-refractivity contribution in [1.82, 2.24) is 9.88 Å². The molecule has 1 amide bonds. The first-order valence-electron chi connectivity index (χ1n) is 5.03. The van der Waals surface area contributed by atoms with E-state index in [1.54, 1.807) is 0 Å². The summed E-state index contributed by atoms with van der Waals surface area (Å²) < 4.78 is 3.78. The minimum Gasteiger partial charge on any atom is -0.346 e. The van der Waals surface area contributed by atoms with Crippen LogP contribution in [-0.2, 0) is 13.6 Å². The molecule has 0 bridgehead atoms. The second kappa shape index (κ2) is 4.79. The summed E-state index contributed by atoms with van der Waals surface area (Å²) in [6.07, 6.45) is 4.77. The molecule has 14 heavy (non-hydrogen) atoms. The van der Waals surface area contributed by atoms with Crippen LogP contribution in [0.2, 0.25) is 0 Å². The van der Waals surface area contributed by atoms with Crippen molar-refractivity contribution in [2.75, 3.05) is 6.54 Å². The molecule has 1 aromatic rings. The Hall–Kier alpha value is -1.32. The lowest BCUT2D eigenvalue weighted by atomic mass is 10.4. The van der Waals surface area contributed by atoms with Gasteiger partial charge in [-0.3, -0.25) is 4.79 Å². The fourth-order valence-corrected chi connectivity index (χ4v) is 1.39. The lowest BCUT2D eigenvalue weighted by Crippen LogP contribution is -2.40. The van der Waals surface area contributed by atoms with E-state index >= 15 is 0 Å². The van der Waals surface area contributed by atoms with Crippen molar-refractivity contribution in [3.8, 4) is 0 Å².